The van der Waals surface area contributed by atoms with Gasteiger partial charge >= 0.3 is 0 Å². The molecule has 2 aliphatic rings. The average molecular weight is 479 g/mol. The van der Waals surface area contributed by atoms with Crippen LogP contribution in [0.4, 0.5) is 0 Å². The number of hydrazone groups is 1. The second-order valence-corrected chi connectivity index (χ2v) is 9.46. The smallest absolute Gasteiger partial charge is 0.271 e. The van der Waals surface area contributed by atoms with E-state index in [0.29, 0.717) is 15.6 Å². The van der Waals surface area contributed by atoms with Crippen LogP contribution < -0.4 is 10.7 Å². The number of halogens is 2. The fraction of sp³-hybridized carbons (Fsp3) is 0.269. The van der Waals surface area contributed by atoms with E-state index in [4.69, 9.17) is 28.3 Å². The number of benzene rings is 2. The van der Waals surface area contributed by atoms with Gasteiger partial charge in [-0.2, -0.15) is 5.10 Å². The van der Waals surface area contributed by atoms with Crippen molar-refractivity contribution in [2.45, 2.75) is 31.3 Å². The number of pyridine rings is 1. The predicted octanol–water partition coefficient (Wildman–Crippen LogP) is 5.98. The fourth-order valence-corrected chi connectivity index (χ4v) is 5.53. The summed E-state index contributed by atoms with van der Waals surface area (Å²) in [5, 5.41) is 10.0. The Balaban J connectivity index is 1.53. The van der Waals surface area contributed by atoms with Gasteiger partial charge in [-0.05, 0) is 60.4 Å². The van der Waals surface area contributed by atoms with Crippen molar-refractivity contribution in [2.75, 3.05) is 0 Å². The SMILES string of the molecule is O=C(NN=C1C2CCCC1[C@H](c1cccc(Cl)c1)N[C@@H]2c1cccc(Cl)c1)c1ccncc1. The highest BCUT2D eigenvalue weighted by molar-refractivity contribution is 6.30. The van der Waals surface area contributed by atoms with E-state index in [1.807, 2.05) is 36.4 Å². The van der Waals surface area contributed by atoms with Crippen molar-refractivity contribution in [1.29, 1.82) is 0 Å². The first kappa shape index (κ1) is 22.1. The largest absolute Gasteiger partial charge is 0.302 e. The van der Waals surface area contributed by atoms with E-state index in [-0.39, 0.29) is 29.8 Å². The molecule has 168 valence electrons. The van der Waals surface area contributed by atoms with E-state index in [1.165, 1.54) is 0 Å². The lowest BCUT2D eigenvalue weighted by Gasteiger charge is -2.47. The standard InChI is InChI=1S/C26H24Cl2N4O/c27-19-6-1-4-17(14-19)23-21-8-3-9-22(24(30-23)18-5-2-7-20(28)15-18)25(21)31-32-26(33)16-10-12-29-13-11-16/h1-2,4-7,10-15,21-24,30H,3,8-9H2,(H,32,33)/t21?,22?,23-,24+. The Morgan fingerprint density at radius 2 is 1.48 bits per heavy atom. The van der Waals surface area contributed by atoms with Crippen molar-refractivity contribution in [2.24, 2.45) is 16.9 Å². The summed E-state index contributed by atoms with van der Waals surface area (Å²) in [6.45, 7) is 0. The maximum absolute atomic E-state index is 12.7. The minimum absolute atomic E-state index is 0.0285. The number of carbonyl (C=O) groups is 1. The van der Waals surface area contributed by atoms with Crippen molar-refractivity contribution in [1.82, 2.24) is 15.7 Å². The molecule has 1 aromatic heterocycles. The maximum Gasteiger partial charge on any atom is 0.271 e. The molecule has 1 saturated heterocycles. The monoisotopic (exact) mass is 478 g/mol. The number of carbonyl (C=O) groups excluding carboxylic acids is 1. The third-order valence-corrected chi connectivity index (χ3v) is 7.07. The van der Waals surface area contributed by atoms with E-state index < -0.39 is 0 Å². The molecule has 1 amide bonds. The lowest BCUT2D eigenvalue weighted by molar-refractivity contribution is 0.0953. The summed E-state index contributed by atoms with van der Waals surface area (Å²) >= 11 is 12.7. The summed E-state index contributed by atoms with van der Waals surface area (Å²) in [5.41, 5.74) is 6.60. The van der Waals surface area contributed by atoms with Gasteiger partial charge in [0.2, 0.25) is 0 Å². The predicted molar refractivity (Wildman–Crippen MR) is 131 cm³/mol. The number of fused-ring (bicyclic) bond motifs is 2. The van der Waals surface area contributed by atoms with Crippen molar-refractivity contribution in [3.63, 3.8) is 0 Å². The summed E-state index contributed by atoms with van der Waals surface area (Å²) in [6.07, 6.45) is 6.29. The van der Waals surface area contributed by atoms with Crippen LogP contribution in [0.2, 0.25) is 10.0 Å². The van der Waals surface area contributed by atoms with Gasteiger partial charge in [-0.1, -0.05) is 53.9 Å². The molecule has 33 heavy (non-hydrogen) atoms. The van der Waals surface area contributed by atoms with Crippen LogP contribution in [0, 0.1) is 11.8 Å². The Labute approximate surface area is 203 Å². The van der Waals surface area contributed by atoms with Gasteiger partial charge in [0.25, 0.3) is 5.91 Å². The van der Waals surface area contributed by atoms with Gasteiger partial charge in [0.05, 0.1) is 0 Å². The van der Waals surface area contributed by atoms with Gasteiger partial charge in [-0.15, -0.1) is 0 Å². The molecular weight excluding hydrogens is 455 g/mol. The van der Waals surface area contributed by atoms with E-state index in [2.05, 4.69) is 27.9 Å². The molecule has 7 heteroatoms. The first-order chi connectivity index (χ1) is 16.1. The highest BCUT2D eigenvalue weighted by Crippen LogP contribution is 2.46. The van der Waals surface area contributed by atoms with Crippen molar-refractivity contribution in [3.05, 3.63) is 99.8 Å². The zero-order valence-corrected chi connectivity index (χ0v) is 19.4. The lowest BCUT2D eigenvalue weighted by Crippen LogP contribution is -2.51. The first-order valence-corrected chi connectivity index (χ1v) is 11.9. The normalized spacial score (nSPS) is 25.6. The number of nitrogens with zero attached hydrogens (tertiary/aromatic N) is 2. The minimum atomic E-state index is -0.236. The third-order valence-electron chi connectivity index (χ3n) is 6.60. The number of piperidine rings is 1. The molecule has 1 aliphatic carbocycles. The highest BCUT2D eigenvalue weighted by Gasteiger charge is 2.45. The topological polar surface area (TPSA) is 66.4 Å². The fourth-order valence-electron chi connectivity index (χ4n) is 5.14. The molecule has 3 aromatic rings. The van der Waals surface area contributed by atoms with Gasteiger partial charge in [0.15, 0.2) is 0 Å². The van der Waals surface area contributed by atoms with Crippen LogP contribution in [0.3, 0.4) is 0 Å². The number of amides is 1. The molecule has 5 nitrogen and oxygen atoms in total. The zero-order valence-electron chi connectivity index (χ0n) is 17.9. The Morgan fingerprint density at radius 1 is 0.909 bits per heavy atom. The lowest BCUT2D eigenvalue weighted by atomic mass is 9.67. The van der Waals surface area contributed by atoms with Gasteiger partial charge in [0.1, 0.15) is 0 Å². The van der Waals surface area contributed by atoms with E-state index >= 15 is 0 Å². The summed E-state index contributed by atoms with van der Waals surface area (Å²) in [5.74, 6) is 0.0888. The van der Waals surface area contributed by atoms with Crippen LogP contribution in [-0.4, -0.2) is 16.6 Å². The van der Waals surface area contributed by atoms with Crippen LogP contribution in [0.15, 0.2) is 78.2 Å². The number of rotatable bonds is 4. The first-order valence-electron chi connectivity index (χ1n) is 11.1. The van der Waals surface area contributed by atoms with Gasteiger partial charge in [-0.25, -0.2) is 5.43 Å². The van der Waals surface area contributed by atoms with Gasteiger partial charge < -0.3 is 5.32 Å². The molecule has 1 saturated carbocycles. The molecule has 5 rings (SSSR count). The molecule has 2 unspecified atom stereocenters. The highest BCUT2D eigenvalue weighted by atomic mass is 35.5. The summed E-state index contributed by atoms with van der Waals surface area (Å²) in [4.78, 5) is 16.7. The van der Waals surface area contributed by atoms with Crippen LogP contribution >= 0.6 is 23.2 Å². The molecule has 2 heterocycles. The molecule has 2 fully saturated rings. The van der Waals surface area contributed by atoms with E-state index in [1.54, 1.807) is 24.5 Å². The Kier molecular flexibility index (Phi) is 6.45. The Morgan fingerprint density at radius 3 is 2.03 bits per heavy atom. The number of hydrogen-bond acceptors (Lipinski definition) is 4. The minimum Gasteiger partial charge on any atom is -0.302 e. The van der Waals surface area contributed by atoms with Crippen molar-refractivity contribution in [3.8, 4) is 0 Å². The average Bonchev–Trinajstić information content (AvgIpc) is 2.83. The number of nitrogens with one attached hydrogen (secondary N) is 2. The van der Waals surface area contributed by atoms with Crippen LogP contribution in [0.25, 0.3) is 0 Å². The maximum atomic E-state index is 12.7. The van der Waals surface area contributed by atoms with Crippen LogP contribution in [-0.2, 0) is 0 Å². The van der Waals surface area contributed by atoms with E-state index in [9.17, 15) is 4.79 Å². The molecule has 4 atom stereocenters. The summed E-state index contributed by atoms with van der Waals surface area (Å²) < 4.78 is 0. The van der Waals surface area contributed by atoms with E-state index in [0.717, 1.165) is 36.1 Å². The summed E-state index contributed by atoms with van der Waals surface area (Å²) in [7, 11) is 0. The molecule has 2 aromatic carbocycles. The molecule has 0 spiro atoms. The van der Waals surface area contributed by atoms with Crippen molar-refractivity contribution < 1.29 is 4.79 Å². The van der Waals surface area contributed by atoms with Crippen molar-refractivity contribution >= 4 is 34.8 Å². The summed E-state index contributed by atoms with van der Waals surface area (Å²) in [6, 6.07) is 19.4. The molecule has 2 bridgehead atoms. The quantitative estimate of drug-likeness (QED) is 0.453. The zero-order chi connectivity index (χ0) is 22.8. The molecule has 1 aliphatic heterocycles. The third kappa shape index (κ3) is 4.67. The van der Waals surface area contributed by atoms with Crippen LogP contribution in [0.1, 0.15) is 52.8 Å². The molecule has 2 N–H and O–H groups in total. The van der Waals surface area contributed by atoms with Crippen LogP contribution in [0.5, 0.6) is 0 Å². The van der Waals surface area contributed by atoms with Gasteiger partial charge in [0, 0.05) is 57.6 Å². The second-order valence-electron chi connectivity index (χ2n) is 8.59. The molecular formula is C26H24Cl2N4O. The molecule has 0 radical (unpaired) electrons. The Bertz CT molecular complexity index is 1120. The number of aromatic nitrogens is 1. The van der Waals surface area contributed by atoms with Gasteiger partial charge in [-0.3, -0.25) is 9.78 Å². The number of hydrogen-bond donors (Lipinski definition) is 2. The second kappa shape index (κ2) is 9.64. The Hall–Kier alpha value is -2.73.